The zero-order valence-electron chi connectivity index (χ0n) is 7.44. The largest absolute Gasteiger partial charge is 0.368 e. The van der Waals surface area contributed by atoms with Gasteiger partial charge in [-0.05, 0) is 19.1 Å². The van der Waals surface area contributed by atoms with Crippen molar-refractivity contribution in [3.63, 3.8) is 0 Å². The monoisotopic (exact) mass is 176 g/mol. The Morgan fingerprint density at radius 3 is 2.54 bits per heavy atom. The summed E-state index contributed by atoms with van der Waals surface area (Å²) in [5, 5.41) is 12.6. The van der Waals surface area contributed by atoms with Gasteiger partial charge < -0.3 is 5.73 Å². The zero-order valence-corrected chi connectivity index (χ0v) is 7.44. The van der Waals surface area contributed by atoms with E-state index in [0.717, 1.165) is 5.69 Å². The Morgan fingerprint density at radius 2 is 2.08 bits per heavy atom. The lowest BCUT2D eigenvalue weighted by atomic mass is 10.3. The van der Waals surface area contributed by atoms with Gasteiger partial charge in [0, 0.05) is 6.21 Å². The van der Waals surface area contributed by atoms with Crippen LogP contribution in [0.15, 0.2) is 35.4 Å². The summed E-state index contributed by atoms with van der Waals surface area (Å²) in [6.07, 6.45) is 1.59. The van der Waals surface area contributed by atoms with Crippen LogP contribution < -0.4 is 10.7 Å². The summed E-state index contributed by atoms with van der Waals surface area (Å²) >= 11 is 0. The normalized spacial score (nSPS) is 10.2. The lowest BCUT2D eigenvalue weighted by Gasteiger charge is -2.15. The van der Waals surface area contributed by atoms with Crippen LogP contribution in [0.25, 0.3) is 0 Å². The number of para-hydroxylation sites is 1. The summed E-state index contributed by atoms with van der Waals surface area (Å²) in [6, 6.07) is 9.33. The van der Waals surface area contributed by atoms with Gasteiger partial charge in [0.2, 0.25) is 5.96 Å². The number of benzene rings is 1. The molecule has 3 N–H and O–H groups in total. The molecule has 68 valence electrons. The van der Waals surface area contributed by atoms with Crippen LogP contribution in [0.1, 0.15) is 6.92 Å². The van der Waals surface area contributed by atoms with Crippen LogP contribution in [-0.2, 0) is 0 Å². The van der Waals surface area contributed by atoms with Crippen LogP contribution in [0.4, 0.5) is 5.69 Å². The standard InChI is InChI=1S/C9H12N4/c1-2-12-13(9(10)11)8-6-4-3-5-7-8/h2-7H,1H3,(H3,10,11). The van der Waals surface area contributed by atoms with E-state index in [1.807, 2.05) is 30.3 Å². The van der Waals surface area contributed by atoms with Crippen molar-refractivity contribution in [1.82, 2.24) is 0 Å². The molecule has 0 fully saturated rings. The second-order valence-electron chi connectivity index (χ2n) is 2.41. The van der Waals surface area contributed by atoms with Gasteiger partial charge in [-0.1, -0.05) is 18.2 Å². The molecule has 0 aliphatic rings. The molecule has 0 bridgehead atoms. The highest BCUT2D eigenvalue weighted by Gasteiger charge is 2.04. The molecule has 4 heteroatoms. The van der Waals surface area contributed by atoms with Crippen molar-refractivity contribution >= 4 is 17.9 Å². The molecule has 13 heavy (non-hydrogen) atoms. The van der Waals surface area contributed by atoms with E-state index in [2.05, 4.69) is 5.10 Å². The van der Waals surface area contributed by atoms with Gasteiger partial charge in [0.05, 0.1) is 5.69 Å². The average Bonchev–Trinajstić information content (AvgIpc) is 2.15. The summed E-state index contributed by atoms with van der Waals surface area (Å²) < 4.78 is 0. The summed E-state index contributed by atoms with van der Waals surface area (Å²) in [5.41, 5.74) is 6.14. The fourth-order valence-corrected chi connectivity index (χ4v) is 0.953. The van der Waals surface area contributed by atoms with Crippen molar-refractivity contribution in [2.75, 3.05) is 5.01 Å². The number of guanidine groups is 1. The first kappa shape index (κ1) is 9.25. The maximum Gasteiger partial charge on any atom is 0.214 e. The highest BCUT2D eigenvalue weighted by Crippen LogP contribution is 2.12. The van der Waals surface area contributed by atoms with E-state index in [1.54, 1.807) is 13.1 Å². The Kier molecular flexibility index (Phi) is 3.03. The van der Waals surface area contributed by atoms with Crippen molar-refractivity contribution < 1.29 is 0 Å². The number of hydrazone groups is 1. The smallest absolute Gasteiger partial charge is 0.214 e. The van der Waals surface area contributed by atoms with Crippen molar-refractivity contribution in [1.29, 1.82) is 5.41 Å². The molecular formula is C9H12N4. The van der Waals surface area contributed by atoms with Gasteiger partial charge in [-0.25, -0.2) is 5.01 Å². The number of nitrogens with one attached hydrogen (secondary N) is 1. The number of nitrogens with two attached hydrogens (primary N) is 1. The first-order valence-electron chi connectivity index (χ1n) is 3.93. The Labute approximate surface area is 77.2 Å². The van der Waals surface area contributed by atoms with Crippen LogP contribution >= 0.6 is 0 Å². The Morgan fingerprint density at radius 1 is 1.46 bits per heavy atom. The summed E-state index contributed by atoms with van der Waals surface area (Å²) in [5.74, 6) is -0.0932. The molecule has 0 saturated carbocycles. The molecule has 4 nitrogen and oxygen atoms in total. The lowest BCUT2D eigenvalue weighted by Crippen LogP contribution is -2.31. The Hall–Kier alpha value is -1.84. The summed E-state index contributed by atoms with van der Waals surface area (Å²) in [6.45, 7) is 1.78. The van der Waals surface area contributed by atoms with E-state index in [4.69, 9.17) is 11.1 Å². The molecule has 1 rings (SSSR count). The highest BCUT2D eigenvalue weighted by atomic mass is 15.5. The van der Waals surface area contributed by atoms with E-state index in [1.165, 1.54) is 5.01 Å². The van der Waals surface area contributed by atoms with E-state index in [-0.39, 0.29) is 5.96 Å². The van der Waals surface area contributed by atoms with Crippen molar-refractivity contribution in [3.05, 3.63) is 30.3 Å². The van der Waals surface area contributed by atoms with E-state index < -0.39 is 0 Å². The SMILES string of the molecule is CC=NN(C(=N)N)c1ccccc1. The molecule has 0 saturated heterocycles. The summed E-state index contributed by atoms with van der Waals surface area (Å²) in [7, 11) is 0. The minimum atomic E-state index is -0.0932. The summed E-state index contributed by atoms with van der Waals surface area (Å²) in [4.78, 5) is 0. The first-order chi connectivity index (χ1) is 6.25. The third kappa shape index (κ3) is 2.30. The Balaban J connectivity index is 2.96. The quantitative estimate of drug-likeness (QED) is 0.406. The van der Waals surface area contributed by atoms with Crippen molar-refractivity contribution in [3.8, 4) is 0 Å². The molecule has 0 heterocycles. The molecule has 0 aromatic heterocycles. The lowest BCUT2D eigenvalue weighted by molar-refractivity contribution is 1.09. The molecule has 1 aromatic rings. The molecule has 1 aromatic carbocycles. The van der Waals surface area contributed by atoms with E-state index in [9.17, 15) is 0 Å². The zero-order chi connectivity index (χ0) is 9.68. The first-order valence-corrected chi connectivity index (χ1v) is 3.93. The maximum absolute atomic E-state index is 7.28. The van der Waals surface area contributed by atoms with E-state index in [0.29, 0.717) is 0 Å². The number of hydrogen-bond acceptors (Lipinski definition) is 2. The van der Waals surface area contributed by atoms with Crippen LogP contribution in [0, 0.1) is 5.41 Å². The van der Waals surface area contributed by atoms with Gasteiger partial charge >= 0.3 is 0 Å². The maximum atomic E-state index is 7.28. The molecule has 0 unspecified atom stereocenters. The Bertz CT molecular complexity index is 305. The van der Waals surface area contributed by atoms with Gasteiger partial charge in [0.15, 0.2) is 0 Å². The molecular weight excluding hydrogens is 164 g/mol. The third-order valence-electron chi connectivity index (χ3n) is 1.46. The minimum Gasteiger partial charge on any atom is -0.368 e. The van der Waals surface area contributed by atoms with Crippen LogP contribution in [-0.4, -0.2) is 12.2 Å². The van der Waals surface area contributed by atoms with Crippen molar-refractivity contribution in [2.45, 2.75) is 6.92 Å². The van der Waals surface area contributed by atoms with Crippen LogP contribution in [0.2, 0.25) is 0 Å². The predicted octanol–water partition coefficient (Wildman–Crippen LogP) is 1.39. The highest BCUT2D eigenvalue weighted by molar-refractivity contribution is 5.92. The fraction of sp³-hybridized carbons (Fsp3) is 0.111. The predicted molar refractivity (Wildman–Crippen MR) is 55.0 cm³/mol. The molecule has 0 aliphatic heterocycles. The molecule has 0 spiro atoms. The van der Waals surface area contributed by atoms with Gasteiger partial charge in [0.25, 0.3) is 0 Å². The van der Waals surface area contributed by atoms with Crippen LogP contribution in [0.3, 0.4) is 0 Å². The molecule has 0 amide bonds. The minimum absolute atomic E-state index is 0.0932. The van der Waals surface area contributed by atoms with Gasteiger partial charge in [-0.2, -0.15) is 5.10 Å². The topological polar surface area (TPSA) is 65.5 Å². The number of hydrogen-bond donors (Lipinski definition) is 2. The molecule has 0 radical (unpaired) electrons. The van der Waals surface area contributed by atoms with Gasteiger partial charge in [0.1, 0.15) is 0 Å². The average molecular weight is 176 g/mol. The fourth-order valence-electron chi connectivity index (χ4n) is 0.953. The molecule has 0 aliphatic carbocycles. The van der Waals surface area contributed by atoms with Crippen molar-refractivity contribution in [2.24, 2.45) is 10.8 Å². The number of nitrogens with zero attached hydrogens (tertiary/aromatic N) is 2. The van der Waals surface area contributed by atoms with E-state index >= 15 is 0 Å². The van der Waals surface area contributed by atoms with Gasteiger partial charge in [-0.3, -0.25) is 5.41 Å². The number of rotatable bonds is 2. The third-order valence-corrected chi connectivity index (χ3v) is 1.46. The second-order valence-corrected chi connectivity index (χ2v) is 2.41. The second kappa shape index (κ2) is 4.25. The molecule has 0 atom stereocenters. The number of anilines is 1. The van der Waals surface area contributed by atoms with Crippen LogP contribution in [0.5, 0.6) is 0 Å². The van der Waals surface area contributed by atoms with Gasteiger partial charge in [-0.15, -0.1) is 0 Å².